The summed E-state index contributed by atoms with van der Waals surface area (Å²) in [7, 11) is -3.86. The Morgan fingerprint density at radius 3 is 1.59 bits per heavy atom. The van der Waals surface area contributed by atoms with E-state index in [0.29, 0.717) is 0 Å². The lowest BCUT2D eigenvalue weighted by Crippen LogP contribution is -2.58. The van der Waals surface area contributed by atoms with E-state index in [1.165, 1.54) is 10.4 Å². The Kier molecular flexibility index (Phi) is 5.77. The fourth-order valence-electron chi connectivity index (χ4n) is 3.17. The Morgan fingerprint density at radius 1 is 0.630 bits per heavy atom. The number of hydrogen-bond acceptors (Lipinski definition) is 1. The van der Waals surface area contributed by atoms with Gasteiger partial charge >= 0.3 is 0 Å². The summed E-state index contributed by atoms with van der Waals surface area (Å²) in [6.07, 6.45) is 0. The van der Waals surface area contributed by atoms with Crippen molar-refractivity contribution >= 4 is 32.7 Å². The molecule has 0 saturated heterocycles. The van der Waals surface area contributed by atoms with E-state index in [2.05, 4.69) is 122 Å². The number of benzene rings is 3. The van der Waals surface area contributed by atoms with Crippen LogP contribution in [0.1, 0.15) is 5.56 Å². The van der Waals surface area contributed by atoms with E-state index in [4.69, 9.17) is 4.66 Å². The molecule has 138 valence electrons. The first-order valence-corrected chi connectivity index (χ1v) is 15.4. The Bertz CT molecular complexity index is 889. The molecule has 0 aromatic heterocycles. The summed E-state index contributed by atoms with van der Waals surface area (Å²) >= 11 is 0. The van der Waals surface area contributed by atoms with Crippen LogP contribution in [-0.4, -0.2) is 22.3 Å². The highest BCUT2D eigenvalue weighted by Crippen LogP contribution is 2.11. The Labute approximate surface area is 165 Å². The molecule has 0 saturated carbocycles. The summed E-state index contributed by atoms with van der Waals surface area (Å²) in [5.41, 5.74) is 1.16. The van der Waals surface area contributed by atoms with Gasteiger partial charge in [-0.1, -0.05) is 91.0 Å². The van der Waals surface area contributed by atoms with E-state index >= 15 is 0 Å². The van der Waals surface area contributed by atoms with Gasteiger partial charge in [0.25, 0.3) is 0 Å². The predicted octanol–water partition coefficient (Wildman–Crippen LogP) is 4.25. The summed E-state index contributed by atoms with van der Waals surface area (Å²) < 4.78 is 5.34. The van der Waals surface area contributed by atoms with Crippen LogP contribution in [0.15, 0.2) is 95.7 Å². The summed E-state index contributed by atoms with van der Waals surface area (Å²) in [6, 6.07) is 32.0. The molecule has 1 N–H and O–H groups in total. The van der Waals surface area contributed by atoms with Crippen molar-refractivity contribution in [3.8, 4) is 0 Å². The van der Waals surface area contributed by atoms with Crippen molar-refractivity contribution < 1.29 is 0 Å². The van der Waals surface area contributed by atoms with E-state index in [-0.39, 0.29) is 0 Å². The summed E-state index contributed by atoms with van der Waals surface area (Å²) in [4.78, 5) is 3.88. The van der Waals surface area contributed by atoms with Crippen LogP contribution in [0.3, 0.4) is 0 Å². The number of amidine groups is 1. The van der Waals surface area contributed by atoms with Gasteiger partial charge in [-0.3, -0.25) is 0 Å². The van der Waals surface area contributed by atoms with Crippen LogP contribution in [0.5, 0.6) is 0 Å². The highest BCUT2D eigenvalue weighted by atomic mass is 28.3. The molecule has 0 heterocycles. The van der Waals surface area contributed by atoms with Crippen molar-refractivity contribution in [2.24, 2.45) is 4.66 Å². The second-order valence-corrected chi connectivity index (χ2v) is 15.9. The molecule has 0 amide bonds. The van der Waals surface area contributed by atoms with Crippen LogP contribution >= 0.6 is 0 Å². The molecular formula is C23H28N2Si2. The standard InChI is InChI=1S/C23H28N2Si2/c1-26(2,21-16-10-6-11-17-21)24-23(20-14-8-5-9-15-20)25-27(3,4)22-18-12-7-13-19-22/h5-19H,1-4H3,(H,24,25). The van der Waals surface area contributed by atoms with Crippen LogP contribution in [-0.2, 0) is 0 Å². The van der Waals surface area contributed by atoms with Crippen LogP contribution in [0.25, 0.3) is 0 Å². The lowest BCUT2D eigenvalue weighted by atomic mass is 10.2. The molecular weight excluding hydrogens is 360 g/mol. The third kappa shape index (κ3) is 4.84. The number of nitrogens with zero attached hydrogens (tertiary/aromatic N) is 1. The third-order valence-electron chi connectivity index (χ3n) is 4.85. The smallest absolute Gasteiger partial charge is 0.208 e. The van der Waals surface area contributed by atoms with Gasteiger partial charge in [0.05, 0.1) is 0 Å². The average molecular weight is 389 g/mol. The maximum Gasteiger partial charge on any atom is 0.208 e. The predicted molar refractivity (Wildman–Crippen MR) is 123 cm³/mol. The van der Waals surface area contributed by atoms with Gasteiger partial charge in [0.2, 0.25) is 8.24 Å². The zero-order valence-corrected chi connectivity index (χ0v) is 18.6. The lowest BCUT2D eigenvalue weighted by molar-refractivity contribution is 1.32. The van der Waals surface area contributed by atoms with Crippen molar-refractivity contribution in [3.63, 3.8) is 0 Å². The molecule has 2 nitrogen and oxygen atoms in total. The van der Waals surface area contributed by atoms with Gasteiger partial charge in [-0.15, -0.1) is 0 Å². The summed E-state index contributed by atoms with van der Waals surface area (Å²) in [5, 5.41) is 2.73. The molecule has 0 atom stereocenters. The molecule has 27 heavy (non-hydrogen) atoms. The SMILES string of the molecule is C[Si](C)(/N=C(/N[Si](C)(C)c1ccccc1)c1ccccc1)c1ccccc1. The van der Waals surface area contributed by atoms with Gasteiger partial charge in [-0.05, 0) is 36.6 Å². The molecule has 0 spiro atoms. The highest BCUT2D eigenvalue weighted by molar-refractivity contribution is 6.91. The van der Waals surface area contributed by atoms with Crippen LogP contribution in [0.4, 0.5) is 0 Å². The van der Waals surface area contributed by atoms with E-state index in [0.717, 1.165) is 11.4 Å². The summed E-state index contributed by atoms with van der Waals surface area (Å²) in [5.74, 6) is 1.02. The Morgan fingerprint density at radius 2 is 1.07 bits per heavy atom. The van der Waals surface area contributed by atoms with Crippen molar-refractivity contribution in [2.45, 2.75) is 26.2 Å². The van der Waals surface area contributed by atoms with Crippen LogP contribution in [0, 0.1) is 0 Å². The maximum atomic E-state index is 5.34. The minimum absolute atomic E-state index is 1.02. The zero-order chi connectivity index (χ0) is 19.3. The largest absolute Gasteiger partial charge is 0.392 e. The van der Waals surface area contributed by atoms with E-state index in [1.807, 2.05) is 0 Å². The fraction of sp³-hybridized carbons (Fsp3) is 0.174. The quantitative estimate of drug-likeness (QED) is 0.394. The number of hydrogen-bond donors (Lipinski definition) is 1. The Balaban J connectivity index is 2.02. The van der Waals surface area contributed by atoms with E-state index < -0.39 is 16.5 Å². The van der Waals surface area contributed by atoms with E-state index in [1.54, 1.807) is 0 Å². The minimum Gasteiger partial charge on any atom is -0.392 e. The lowest BCUT2D eigenvalue weighted by Gasteiger charge is -2.29. The number of rotatable bonds is 5. The first kappa shape index (κ1) is 19.3. The monoisotopic (exact) mass is 388 g/mol. The van der Waals surface area contributed by atoms with Crippen molar-refractivity contribution in [2.75, 3.05) is 0 Å². The van der Waals surface area contributed by atoms with E-state index in [9.17, 15) is 0 Å². The molecule has 0 bridgehead atoms. The first-order valence-electron chi connectivity index (χ1n) is 9.43. The second-order valence-electron chi connectivity index (χ2n) is 7.87. The molecule has 0 aliphatic rings. The fourth-order valence-corrected chi connectivity index (χ4v) is 7.13. The molecule has 0 aliphatic carbocycles. The van der Waals surface area contributed by atoms with Gasteiger partial charge in [0.1, 0.15) is 5.84 Å². The number of nitrogens with one attached hydrogen (secondary N) is 1. The molecule has 0 radical (unpaired) electrons. The van der Waals surface area contributed by atoms with Gasteiger partial charge < -0.3 is 9.64 Å². The average Bonchev–Trinajstić information content (AvgIpc) is 2.69. The van der Waals surface area contributed by atoms with Crippen LogP contribution < -0.4 is 15.4 Å². The first-order chi connectivity index (χ1) is 12.9. The normalized spacial score (nSPS) is 12.7. The minimum atomic E-state index is -1.98. The van der Waals surface area contributed by atoms with Gasteiger partial charge in [0, 0.05) is 5.56 Å². The Hall–Kier alpha value is -2.44. The van der Waals surface area contributed by atoms with Gasteiger partial charge in [-0.2, -0.15) is 0 Å². The van der Waals surface area contributed by atoms with Crippen LogP contribution in [0.2, 0.25) is 26.2 Å². The molecule has 3 rings (SSSR count). The molecule has 0 unspecified atom stereocenters. The zero-order valence-electron chi connectivity index (χ0n) is 16.6. The third-order valence-corrected chi connectivity index (χ3v) is 10.0. The molecule has 0 fully saturated rings. The second kappa shape index (κ2) is 8.07. The summed E-state index contributed by atoms with van der Waals surface area (Å²) in [6.45, 7) is 9.31. The molecule has 3 aromatic rings. The van der Waals surface area contributed by atoms with Crippen molar-refractivity contribution in [3.05, 3.63) is 96.6 Å². The molecule has 4 heteroatoms. The van der Waals surface area contributed by atoms with Crippen molar-refractivity contribution in [1.82, 2.24) is 4.98 Å². The van der Waals surface area contributed by atoms with Gasteiger partial charge in [-0.25, -0.2) is 0 Å². The molecule has 3 aromatic carbocycles. The topological polar surface area (TPSA) is 24.4 Å². The molecule has 0 aliphatic heterocycles. The van der Waals surface area contributed by atoms with Gasteiger partial charge in [0.15, 0.2) is 8.24 Å². The highest BCUT2D eigenvalue weighted by Gasteiger charge is 2.29. The maximum absolute atomic E-state index is 5.34. The van der Waals surface area contributed by atoms with Crippen molar-refractivity contribution in [1.29, 1.82) is 0 Å².